The molecule has 2 N–H and O–H groups in total. The Hall–Kier alpha value is -0.160. The minimum atomic E-state index is -0.00292. The number of hydrogen-bond donors (Lipinski definition) is 1. The molecule has 0 aromatic carbocycles. The van der Waals surface area contributed by atoms with Gasteiger partial charge in [-0.05, 0) is 46.2 Å². The van der Waals surface area contributed by atoms with Crippen molar-refractivity contribution in [3.8, 4) is 0 Å². The van der Waals surface area contributed by atoms with Gasteiger partial charge in [-0.2, -0.15) is 0 Å². The van der Waals surface area contributed by atoms with Gasteiger partial charge in [-0.3, -0.25) is 4.90 Å². The molecule has 2 saturated heterocycles. The number of likely N-dealkylation sites (N-methyl/N-ethyl adjacent to an activating group) is 1. The Bertz CT molecular complexity index is 336. The smallest absolute Gasteiger partial charge is 0.0670 e. The van der Waals surface area contributed by atoms with Gasteiger partial charge in [0.15, 0.2) is 0 Å². The highest BCUT2D eigenvalue weighted by atomic mass is 16.5. The molecule has 0 aliphatic carbocycles. The van der Waals surface area contributed by atoms with Crippen LogP contribution >= 0.6 is 0 Å². The molecule has 4 atom stereocenters. The first-order valence-electron chi connectivity index (χ1n) is 8.11. The number of nitrogens with zero attached hydrogens (tertiary/aromatic N) is 2. The number of rotatable bonds is 4. The van der Waals surface area contributed by atoms with Crippen molar-refractivity contribution in [3.63, 3.8) is 0 Å². The van der Waals surface area contributed by atoms with E-state index in [0.29, 0.717) is 12.0 Å². The van der Waals surface area contributed by atoms with Crippen LogP contribution in [0.1, 0.15) is 40.0 Å². The van der Waals surface area contributed by atoms with Gasteiger partial charge in [0.05, 0.1) is 5.60 Å². The Morgan fingerprint density at radius 2 is 2.05 bits per heavy atom. The number of likely N-dealkylation sites (tertiary alicyclic amines) is 1. The Balaban J connectivity index is 2.16. The lowest BCUT2D eigenvalue weighted by molar-refractivity contribution is -0.126. The maximum absolute atomic E-state index is 6.25. The lowest BCUT2D eigenvalue weighted by Gasteiger charge is -2.50. The van der Waals surface area contributed by atoms with Crippen molar-refractivity contribution in [2.75, 3.05) is 40.3 Å². The molecule has 2 fully saturated rings. The van der Waals surface area contributed by atoms with E-state index in [1.54, 1.807) is 0 Å². The van der Waals surface area contributed by atoms with Crippen LogP contribution in [0.4, 0.5) is 0 Å². The lowest BCUT2D eigenvalue weighted by atomic mass is 9.78. The first-order valence-corrected chi connectivity index (χ1v) is 8.11. The van der Waals surface area contributed by atoms with Crippen LogP contribution in [-0.4, -0.2) is 67.3 Å². The molecule has 0 bridgehead atoms. The molecule has 2 heterocycles. The van der Waals surface area contributed by atoms with E-state index < -0.39 is 0 Å². The van der Waals surface area contributed by atoms with Crippen molar-refractivity contribution >= 4 is 0 Å². The summed E-state index contributed by atoms with van der Waals surface area (Å²) in [5, 5.41) is 0. The summed E-state index contributed by atoms with van der Waals surface area (Å²) < 4.78 is 6.04. The molecule has 4 heteroatoms. The first kappa shape index (κ1) is 16.2. The van der Waals surface area contributed by atoms with Crippen LogP contribution in [-0.2, 0) is 4.74 Å². The molecule has 4 unspecified atom stereocenters. The molecule has 2 rings (SSSR count). The molecule has 0 saturated carbocycles. The van der Waals surface area contributed by atoms with Gasteiger partial charge in [0.2, 0.25) is 0 Å². The molecule has 4 nitrogen and oxygen atoms in total. The molecule has 0 radical (unpaired) electrons. The molecule has 0 aromatic rings. The van der Waals surface area contributed by atoms with Crippen LogP contribution in [0.5, 0.6) is 0 Å². The number of hydrogen-bond acceptors (Lipinski definition) is 4. The first-order chi connectivity index (χ1) is 9.36. The fraction of sp³-hybridized carbons (Fsp3) is 1.00. The molecule has 2 aliphatic heterocycles. The van der Waals surface area contributed by atoms with E-state index in [1.165, 1.54) is 6.54 Å². The van der Waals surface area contributed by atoms with Crippen LogP contribution in [0, 0.1) is 5.92 Å². The number of nitrogens with two attached hydrogens (primary N) is 1. The predicted octanol–water partition coefficient (Wildman–Crippen LogP) is 1.54. The van der Waals surface area contributed by atoms with Crippen LogP contribution in [0.15, 0.2) is 0 Å². The third-order valence-electron chi connectivity index (χ3n) is 5.76. The van der Waals surface area contributed by atoms with Crippen molar-refractivity contribution in [1.82, 2.24) is 9.80 Å². The average molecular weight is 283 g/mol. The van der Waals surface area contributed by atoms with Gasteiger partial charge in [0.25, 0.3) is 0 Å². The van der Waals surface area contributed by atoms with E-state index in [1.807, 2.05) is 0 Å². The standard InChI is InChI=1S/C16H33N3O/c1-6-15(3)11-16(12-17,7-8-20-15)19-9-13(2)14(10-19)18(4)5/h13-14H,6-12,17H2,1-5H3. The van der Waals surface area contributed by atoms with Crippen molar-refractivity contribution < 1.29 is 4.74 Å². The molecule has 2 aliphatic rings. The zero-order valence-electron chi connectivity index (χ0n) is 14.0. The second-order valence-electron chi connectivity index (χ2n) is 7.42. The molecule has 0 amide bonds. The highest BCUT2D eigenvalue weighted by molar-refractivity contribution is 5.04. The summed E-state index contributed by atoms with van der Waals surface area (Å²) in [4.78, 5) is 5.03. The largest absolute Gasteiger partial charge is 0.375 e. The summed E-state index contributed by atoms with van der Waals surface area (Å²) >= 11 is 0. The van der Waals surface area contributed by atoms with Gasteiger partial charge in [-0.25, -0.2) is 0 Å². The maximum Gasteiger partial charge on any atom is 0.0670 e. The Kier molecular flexibility index (Phi) is 4.80. The predicted molar refractivity (Wildman–Crippen MR) is 83.9 cm³/mol. The van der Waals surface area contributed by atoms with Crippen molar-refractivity contribution in [3.05, 3.63) is 0 Å². The minimum absolute atomic E-state index is 0.00292. The fourth-order valence-electron chi connectivity index (χ4n) is 4.13. The summed E-state index contributed by atoms with van der Waals surface area (Å²) in [6.07, 6.45) is 3.21. The lowest BCUT2D eigenvalue weighted by Crippen LogP contribution is -2.60. The van der Waals surface area contributed by atoms with E-state index in [9.17, 15) is 0 Å². The molecule has 118 valence electrons. The maximum atomic E-state index is 6.25. The van der Waals surface area contributed by atoms with Crippen molar-refractivity contribution in [2.24, 2.45) is 11.7 Å². The third kappa shape index (κ3) is 2.89. The fourth-order valence-corrected chi connectivity index (χ4v) is 4.13. The summed E-state index contributed by atoms with van der Waals surface area (Å²) in [6.45, 7) is 10.7. The molecule has 20 heavy (non-hydrogen) atoms. The van der Waals surface area contributed by atoms with Crippen LogP contribution in [0.3, 0.4) is 0 Å². The van der Waals surface area contributed by atoms with E-state index >= 15 is 0 Å². The topological polar surface area (TPSA) is 41.7 Å². The minimum Gasteiger partial charge on any atom is -0.375 e. The Labute approximate surface area is 124 Å². The summed E-state index contributed by atoms with van der Waals surface area (Å²) in [7, 11) is 4.39. The van der Waals surface area contributed by atoms with Gasteiger partial charge in [-0.15, -0.1) is 0 Å². The van der Waals surface area contributed by atoms with Crippen LogP contribution in [0.2, 0.25) is 0 Å². The summed E-state index contributed by atoms with van der Waals surface area (Å²) in [5.41, 5.74) is 6.39. The zero-order valence-corrected chi connectivity index (χ0v) is 14.0. The van der Waals surface area contributed by atoms with E-state index in [-0.39, 0.29) is 11.1 Å². The van der Waals surface area contributed by atoms with E-state index in [2.05, 4.69) is 44.7 Å². The van der Waals surface area contributed by atoms with Crippen molar-refractivity contribution in [1.29, 1.82) is 0 Å². The Morgan fingerprint density at radius 3 is 2.55 bits per heavy atom. The van der Waals surface area contributed by atoms with Gasteiger partial charge < -0.3 is 15.4 Å². The second-order valence-corrected chi connectivity index (χ2v) is 7.42. The highest BCUT2D eigenvalue weighted by Gasteiger charge is 2.48. The molecule has 0 spiro atoms. The number of ether oxygens (including phenoxy) is 1. The van der Waals surface area contributed by atoms with Crippen LogP contribution in [0.25, 0.3) is 0 Å². The average Bonchev–Trinajstić information content (AvgIpc) is 2.81. The summed E-state index contributed by atoms with van der Waals surface area (Å²) in [6, 6.07) is 0.647. The van der Waals surface area contributed by atoms with E-state index in [0.717, 1.165) is 39.0 Å². The van der Waals surface area contributed by atoms with Gasteiger partial charge in [0, 0.05) is 37.8 Å². The van der Waals surface area contributed by atoms with Gasteiger partial charge in [-0.1, -0.05) is 13.8 Å². The Morgan fingerprint density at radius 1 is 1.35 bits per heavy atom. The molecular weight excluding hydrogens is 250 g/mol. The monoisotopic (exact) mass is 283 g/mol. The summed E-state index contributed by atoms with van der Waals surface area (Å²) in [5.74, 6) is 0.712. The van der Waals surface area contributed by atoms with Crippen molar-refractivity contribution in [2.45, 2.75) is 57.2 Å². The zero-order chi connectivity index (χ0) is 15.0. The third-order valence-corrected chi connectivity index (χ3v) is 5.76. The van der Waals surface area contributed by atoms with E-state index in [4.69, 9.17) is 10.5 Å². The van der Waals surface area contributed by atoms with Gasteiger partial charge in [0.1, 0.15) is 0 Å². The SMILES string of the molecule is CCC1(C)CC(CN)(N2CC(C)C(N(C)C)C2)CCO1. The molecular formula is C16H33N3O. The normalized spacial score (nSPS) is 43.4. The second kappa shape index (κ2) is 5.91. The quantitative estimate of drug-likeness (QED) is 0.850. The highest BCUT2D eigenvalue weighted by Crippen LogP contribution is 2.40. The van der Waals surface area contributed by atoms with Gasteiger partial charge >= 0.3 is 0 Å². The molecule has 0 aromatic heterocycles. The van der Waals surface area contributed by atoms with Crippen LogP contribution < -0.4 is 5.73 Å².